The number of aromatic nitrogens is 14. The Morgan fingerprint density at radius 3 is 2.25 bits per heavy atom. The highest BCUT2D eigenvalue weighted by Gasteiger charge is 2.47. The Kier molecular flexibility index (Phi) is 9.99. The van der Waals surface area contributed by atoms with Crippen LogP contribution in [-0.2, 0) is 24.1 Å². The normalized spacial score (nSPS) is 23.0. The predicted octanol–water partition coefficient (Wildman–Crippen LogP) is 1.21. The summed E-state index contributed by atoms with van der Waals surface area (Å²) >= 11 is 0. The van der Waals surface area contributed by atoms with Crippen LogP contribution in [0.15, 0.2) is 43.6 Å². The first-order chi connectivity index (χ1) is 26.0. The van der Waals surface area contributed by atoms with Crippen LogP contribution in [0, 0.1) is 0 Å². The van der Waals surface area contributed by atoms with Crippen molar-refractivity contribution in [2.45, 2.75) is 88.6 Å². The van der Waals surface area contributed by atoms with E-state index in [1.807, 2.05) is 25.4 Å². The van der Waals surface area contributed by atoms with E-state index in [1.165, 1.54) is 4.80 Å². The summed E-state index contributed by atoms with van der Waals surface area (Å²) in [5, 5.41) is 48.1. The van der Waals surface area contributed by atoms with Gasteiger partial charge in [0.1, 0.15) is 18.0 Å². The summed E-state index contributed by atoms with van der Waals surface area (Å²) in [5.41, 5.74) is 2.83. The molecule has 278 valence electrons. The van der Waals surface area contributed by atoms with Crippen LogP contribution in [0.4, 0.5) is 23.5 Å². The van der Waals surface area contributed by atoms with Gasteiger partial charge in [-0.1, -0.05) is 0 Å². The number of hydrogen-bond acceptors (Lipinski definition) is 17. The maximum Gasteiger partial charge on any atom is 0.226 e. The number of H-pyrrole nitrogens is 2. The zero-order valence-electron chi connectivity index (χ0n) is 29.0. The fraction of sp³-hybridized carbons (Fsp3) is 0.500. The van der Waals surface area contributed by atoms with Crippen molar-refractivity contribution in [1.82, 2.24) is 69.6 Å². The fourth-order valence-corrected chi connectivity index (χ4v) is 6.66. The van der Waals surface area contributed by atoms with Crippen LogP contribution in [0.1, 0.15) is 62.2 Å². The van der Waals surface area contributed by atoms with Gasteiger partial charge in [0.2, 0.25) is 17.7 Å². The number of aromatic amines is 2. The molecule has 1 saturated carbocycles. The number of nitrogens with zero attached hydrogens (tertiary/aromatic N) is 12. The molecule has 4 atom stereocenters. The van der Waals surface area contributed by atoms with Crippen molar-refractivity contribution in [3.05, 3.63) is 60.9 Å². The molecule has 4 unspecified atom stereocenters. The molecular formula is C32H42N18O3. The van der Waals surface area contributed by atoms with Gasteiger partial charge in [-0.15, -0.1) is 10.2 Å². The minimum absolute atomic E-state index is 0.129. The minimum atomic E-state index is -1.31. The Balaban J connectivity index is 0.949. The van der Waals surface area contributed by atoms with E-state index in [0.717, 1.165) is 49.3 Å². The summed E-state index contributed by atoms with van der Waals surface area (Å²) in [7, 11) is 0. The molecule has 1 saturated heterocycles. The summed E-state index contributed by atoms with van der Waals surface area (Å²) in [4.78, 5) is 39.2. The Hall–Kier alpha value is -5.80. The van der Waals surface area contributed by atoms with Crippen molar-refractivity contribution in [2.75, 3.05) is 34.4 Å². The van der Waals surface area contributed by atoms with Gasteiger partial charge in [0.05, 0.1) is 36.9 Å². The molecule has 0 aromatic carbocycles. The van der Waals surface area contributed by atoms with Crippen LogP contribution >= 0.6 is 0 Å². The van der Waals surface area contributed by atoms with E-state index in [4.69, 9.17) is 14.7 Å². The second-order valence-electron chi connectivity index (χ2n) is 13.1. The molecule has 1 aliphatic heterocycles. The maximum absolute atomic E-state index is 11.1. The molecular weight excluding hydrogens is 684 g/mol. The molecule has 8 N–H and O–H groups in total. The molecule has 2 aliphatic rings. The first-order valence-electron chi connectivity index (χ1n) is 17.8. The second kappa shape index (κ2) is 15.4. The van der Waals surface area contributed by atoms with Gasteiger partial charge < -0.3 is 46.2 Å². The summed E-state index contributed by atoms with van der Waals surface area (Å²) < 4.78 is 7.77. The Labute approximate surface area is 302 Å². The molecule has 21 heteroatoms. The zero-order valence-corrected chi connectivity index (χ0v) is 29.0. The van der Waals surface area contributed by atoms with Gasteiger partial charge in [-0.25, -0.2) is 19.9 Å². The topological polar surface area (TPSA) is 268 Å². The SMILES string of the molecule is CCn1nnc(C2OC(n3cnc4c(N[C@H]5CC[C@H](Nc6ccnc(NCCc7c[nH]cn7)n6)CC5)nc(NCCc5c[nH]cn5)nc43)C(O)C2O)n1. The molecule has 7 heterocycles. The summed E-state index contributed by atoms with van der Waals surface area (Å²) in [6.07, 6.45) is 10.8. The third-order valence-electron chi connectivity index (χ3n) is 9.45. The van der Waals surface area contributed by atoms with Crippen molar-refractivity contribution in [1.29, 1.82) is 0 Å². The predicted molar refractivity (Wildman–Crippen MR) is 191 cm³/mol. The van der Waals surface area contributed by atoms with Crippen LogP contribution in [-0.4, -0.2) is 117 Å². The Bertz CT molecular complexity index is 2060. The van der Waals surface area contributed by atoms with E-state index in [0.29, 0.717) is 54.9 Å². The molecule has 1 aliphatic carbocycles. The van der Waals surface area contributed by atoms with Crippen LogP contribution < -0.4 is 21.3 Å². The zero-order chi connectivity index (χ0) is 36.1. The number of imidazole rings is 3. The van der Waals surface area contributed by atoms with Gasteiger partial charge >= 0.3 is 0 Å². The Morgan fingerprint density at radius 2 is 1.57 bits per heavy atom. The molecule has 0 bridgehead atoms. The van der Waals surface area contributed by atoms with Gasteiger partial charge in [-0.05, 0) is 43.9 Å². The van der Waals surface area contributed by atoms with Crippen molar-refractivity contribution >= 4 is 34.7 Å². The van der Waals surface area contributed by atoms with Crippen LogP contribution in [0.2, 0.25) is 0 Å². The summed E-state index contributed by atoms with van der Waals surface area (Å²) in [5.74, 6) is 2.48. The van der Waals surface area contributed by atoms with Gasteiger partial charge in [-0.3, -0.25) is 4.57 Å². The number of rotatable bonds is 15. The lowest BCUT2D eigenvalue weighted by atomic mass is 9.91. The molecule has 0 amide bonds. The fourth-order valence-electron chi connectivity index (χ4n) is 6.66. The van der Waals surface area contributed by atoms with Gasteiger partial charge in [0.15, 0.2) is 29.3 Å². The molecule has 0 radical (unpaired) electrons. The first-order valence-corrected chi connectivity index (χ1v) is 17.8. The number of ether oxygens (including phenoxy) is 1. The van der Waals surface area contributed by atoms with Crippen molar-refractivity contribution in [3.63, 3.8) is 0 Å². The molecule has 6 aromatic rings. The summed E-state index contributed by atoms with van der Waals surface area (Å²) in [6, 6.07) is 2.26. The lowest BCUT2D eigenvalue weighted by Crippen LogP contribution is -2.33. The molecule has 8 rings (SSSR count). The van der Waals surface area contributed by atoms with Crippen molar-refractivity contribution < 1.29 is 14.9 Å². The quantitative estimate of drug-likeness (QED) is 0.0739. The van der Waals surface area contributed by atoms with E-state index < -0.39 is 24.5 Å². The third kappa shape index (κ3) is 7.71. The maximum atomic E-state index is 11.1. The molecule has 21 nitrogen and oxygen atoms in total. The summed E-state index contributed by atoms with van der Waals surface area (Å²) in [6.45, 7) is 3.59. The molecule has 6 aromatic heterocycles. The number of anilines is 4. The van der Waals surface area contributed by atoms with Crippen molar-refractivity contribution in [2.24, 2.45) is 0 Å². The number of aryl methyl sites for hydroxylation is 1. The average Bonchev–Trinajstić information content (AvgIpc) is 4.03. The highest BCUT2D eigenvalue weighted by Crippen LogP contribution is 2.39. The number of aliphatic hydroxyl groups excluding tert-OH is 2. The highest BCUT2D eigenvalue weighted by atomic mass is 16.6. The standard InChI is InChI=1S/C32H42N18O3/c1-2-50-47-28(46-48-50)26-24(51)25(52)30(53-26)49-17-40-23-27(44-32(45-29(23)49)37-11-8-21-14-34-16-39-21)42-19-5-3-18(4-6-19)41-22-9-12-36-31(43-22)35-10-7-20-13-33-15-38-20/h9,12-19,24-26,30,51-52H,2-8,10-11H2,1H3,(H,33,38)(H,34,39)(H2,35,36,41,43)(H2,37,42,44,45)/t18-,19-,24?,25?,26?,30?. The van der Waals surface area contributed by atoms with Crippen LogP contribution in [0.3, 0.4) is 0 Å². The lowest BCUT2D eigenvalue weighted by Gasteiger charge is -2.30. The first kappa shape index (κ1) is 34.3. The monoisotopic (exact) mass is 726 g/mol. The number of tetrazole rings is 1. The Morgan fingerprint density at radius 1 is 0.849 bits per heavy atom. The third-order valence-corrected chi connectivity index (χ3v) is 9.45. The van der Waals surface area contributed by atoms with E-state index in [1.54, 1.807) is 29.7 Å². The van der Waals surface area contributed by atoms with Crippen LogP contribution in [0.5, 0.6) is 0 Å². The van der Waals surface area contributed by atoms with Crippen LogP contribution in [0.25, 0.3) is 11.2 Å². The smallest absolute Gasteiger partial charge is 0.226 e. The lowest BCUT2D eigenvalue weighted by molar-refractivity contribution is -0.0384. The molecule has 53 heavy (non-hydrogen) atoms. The molecule has 0 spiro atoms. The van der Waals surface area contributed by atoms with E-state index in [-0.39, 0.29) is 17.9 Å². The van der Waals surface area contributed by atoms with E-state index in [9.17, 15) is 10.2 Å². The van der Waals surface area contributed by atoms with E-state index in [2.05, 4.69) is 71.6 Å². The van der Waals surface area contributed by atoms with Gasteiger partial charge in [0, 0.05) is 56.6 Å². The highest BCUT2D eigenvalue weighted by molar-refractivity contribution is 5.84. The average molecular weight is 727 g/mol. The minimum Gasteiger partial charge on any atom is -0.387 e. The van der Waals surface area contributed by atoms with Crippen molar-refractivity contribution in [3.8, 4) is 0 Å². The number of nitrogens with one attached hydrogen (secondary N) is 6. The number of fused-ring (bicyclic) bond motifs is 1. The number of hydrogen-bond donors (Lipinski definition) is 8. The second-order valence-corrected chi connectivity index (χ2v) is 13.1. The van der Waals surface area contributed by atoms with Gasteiger partial charge in [0.25, 0.3) is 0 Å². The number of aliphatic hydroxyl groups is 2. The largest absolute Gasteiger partial charge is 0.387 e. The van der Waals surface area contributed by atoms with Gasteiger partial charge in [-0.2, -0.15) is 19.7 Å². The van der Waals surface area contributed by atoms with E-state index >= 15 is 0 Å². The molecule has 2 fully saturated rings.